The van der Waals surface area contributed by atoms with Crippen LogP contribution in [0.2, 0.25) is 0 Å². The molecule has 0 saturated carbocycles. The van der Waals surface area contributed by atoms with Gasteiger partial charge in [0.2, 0.25) is 0 Å². The molecule has 0 aliphatic rings. The predicted molar refractivity (Wildman–Crippen MR) is 71.2 cm³/mol. The summed E-state index contributed by atoms with van der Waals surface area (Å²) in [6, 6.07) is 10.2. The molecule has 18 heavy (non-hydrogen) atoms. The van der Waals surface area contributed by atoms with Gasteiger partial charge in [-0.2, -0.15) is 0 Å². The van der Waals surface area contributed by atoms with Crippen molar-refractivity contribution in [3.63, 3.8) is 0 Å². The van der Waals surface area contributed by atoms with Crippen molar-refractivity contribution in [3.05, 3.63) is 53.6 Å². The summed E-state index contributed by atoms with van der Waals surface area (Å²) in [5, 5.41) is 12.7. The zero-order valence-electron chi connectivity index (χ0n) is 10.6. The molecule has 3 N–H and O–H groups in total. The molecule has 0 amide bonds. The van der Waals surface area contributed by atoms with Crippen molar-refractivity contribution in [2.45, 2.75) is 25.9 Å². The molecule has 0 bridgehead atoms. The first-order valence-electron chi connectivity index (χ1n) is 6.16. The first-order valence-corrected chi connectivity index (χ1v) is 6.16. The lowest BCUT2D eigenvalue weighted by Gasteiger charge is -2.15. The van der Waals surface area contributed by atoms with E-state index in [1.54, 1.807) is 6.33 Å². The Labute approximate surface area is 107 Å². The van der Waals surface area contributed by atoms with Crippen LogP contribution in [-0.4, -0.2) is 27.7 Å². The number of nitrogens with zero attached hydrogens (tertiary/aromatic N) is 1. The summed E-state index contributed by atoms with van der Waals surface area (Å²) >= 11 is 0. The number of hydrogen-bond donors (Lipinski definition) is 3. The van der Waals surface area contributed by atoms with Crippen molar-refractivity contribution >= 4 is 0 Å². The molecular formula is C14H19N3O. The Hall–Kier alpha value is -1.65. The Morgan fingerprint density at radius 1 is 1.33 bits per heavy atom. The molecule has 1 aromatic carbocycles. The van der Waals surface area contributed by atoms with Gasteiger partial charge in [-0.05, 0) is 18.9 Å². The van der Waals surface area contributed by atoms with Gasteiger partial charge in [0.15, 0.2) is 0 Å². The number of aromatic amines is 1. The highest BCUT2D eigenvalue weighted by molar-refractivity contribution is 5.16. The molecule has 1 atom stereocenters. The van der Waals surface area contributed by atoms with Gasteiger partial charge in [-0.15, -0.1) is 0 Å². The van der Waals surface area contributed by atoms with E-state index in [9.17, 15) is 5.11 Å². The van der Waals surface area contributed by atoms with Crippen LogP contribution < -0.4 is 5.32 Å². The molecule has 0 fully saturated rings. The molecule has 0 aliphatic heterocycles. The maximum absolute atomic E-state index is 9.39. The van der Waals surface area contributed by atoms with Gasteiger partial charge < -0.3 is 15.4 Å². The summed E-state index contributed by atoms with van der Waals surface area (Å²) in [5.41, 5.74) is 3.29. The largest absolute Gasteiger partial charge is 0.395 e. The summed E-state index contributed by atoms with van der Waals surface area (Å²) in [5.74, 6) is 0. The highest BCUT2D eigenvalue weighted by Gasteiger charge is 2.09. The van der Waals surface area contributed by atoms with Gasteiger partial charge >= 0.3 is 0 Å². The summed E-state index contributed by atoms with van der Waals surface area (Å²) in [6.45, 7) is 2.79. The third kappa shape index (κ3) is 3.42. The zero-order chi connectivity index (χ0) is 12.8. The fraction of sp³-hybridized carbons (Fsp3) is 0.357. The van der Waals surface area contributed by atoms with E-state index in [4.69, 9.17) is 0 Å². The SMILES string of the molecule is Cc1[nH]cnc1CN[C@@H](CO)Cc1ccccc1. The van der Waals surface area contributed by atoms with Crippen molar-refractivity contribution in [2.24, 2.45) is 0 Å². The van der Waals surface area contributed by atoms with Gasteiger partial charge in [0, 0.05) is 18.3 Å². The van der Waals surface area contributed by atoms with Gasteiger partial charge in [-0.3, -0.25) is 0 Å². The quantitative estimate of drug-likeness (QED) is 0.721. The molecule has 0 spiro atoms. The molecule has 2 rings (SSSR count). The number of rotatable bonds is 6. The van der Waals surface area contributed by atoms with Crippen LogP contribution in [0.5, 0.6) is 0 Å². The number of aliphatic hydroxyl groups excluding tert-OH is 1. The Bertz CT molecular complexity index is 467. The van der Waals surface area contributed by atoms with E-state index in [0.29, 0.717) is 6.54 Å². The molecular weight excluding hydrogens is 226 g/mol. The highest BCUT2D eigenvalue weighted by Crippen LogP contribution is 2.05. The van der Waals surface area contributed by atoms with E-state index in [2.05, 4.69) is 27.4 Å². The molecule has 0 saturated heterocycles. The van der Waals surface area contributed by atoms with Crippen molar-refractivity contribution in [1.82, 2.24) is 15.3 Å². The van der Waals surface area contributed by atoms with E-state index in [1.807, 2.05) is 25.1 Å². The van der Waals surface area contributed by atoms with Crippen LogP contribution >= 0.6 is 0 Å². The van der Waals surface area contributed by atoms with Gasteiger partial charge in [0.25, 0.3) is 0 Å². The zero-order valence-corrected chi connectivity index (χ0v) is 10.6. The third-order valence-corrected chi connectivity index (χ3v) is 3.04. The van der Waals surface area contributed by atoms with Crippen LogP contribution in [0.3, 0.4) is 0 Å². The van der Waals surface area contributed by atoms with E-state index >= 15 is 0 Å². The maximum Gasteiger partial charge on any atom is 0.0925 e. The molecule has 1 aromatic heterocycles. The van der Waals surface area contributed by atoms with E-state index in [0.717, 1.165) is 17.8 Å². The standard InChI is InChI=1S/C14H19N3O/c1-11-14(17-10-16-11)8-15-13(9-18)7-12-5-3-2-4-6-12/h2-6,10,13,15,18H,7-9H2,1H3,(H,16,17)/t13-/m1/s1. The van der Waals surface area contributed by atoms with Gasteiger partial charge in [-0.25, -0.2) is 4.98 Å². The fourth-order valence-electron chi connectivity index (χ4n) is 1.91. The van der Waals surface area contributed by atoms with Crippen LogP contribution in [-0.2, 0) is 13.0 Å². The molecule has 0 unspecified atom stereocenters. The Kier molecular flexibility index (Phi) is 4.50. The minimum absolute atomic E-state index is 0.0588. The number of aliphatic hydroxyl groups is 1. The number of nitrogens with one attached hydrogen (secondary N) is 2. The normalized spacial score (nSPS) is 12.6. The maximum atomic E-state index is 9.39. The van der Waals surface area contributed by atoms with E-state index < -0.39 is 0 Å². The number of aromatic nitrogens is 2. The lowest BCUT2D eigenvalue weighted by molar-refractivity contribution is 0.240. The first kappa shape index (κ1) is 12.8. The van der Waals surface area contributed by atoms with E-state index in [1.165, 1.54) is 5.56 Å². The molecule has 96 valence electrons. The number of benzene rings is 1. The van der Waals surface area contributed by atoms with Crippen molar-refractivity contribution in [3.8, 4) is 0 Å². The van der Waals surface area contributed by atoms with Crippen LogP contribution in [0, 0.1) is 6.92 Å². The topological polar surface area (TPSA) is 60.9 Å². The Morgan fingerprint density at radius 2 is 2.11 bits per heavy atom. The Balaban J connectivity index is 1.88. The van der Waals surface area contributed by atoms with Crippen LogP contribution in [0.4, 0.5) is 0 Å². The summed E-state index contributed by atoms with van der Waals surface area (Å²) in [4.78, 5) is 7.28. The molecule has 1 heterocycles. The average Bonchev–Trinajstić information content (AvgIpc) is 2.81. The smallest absolute Gasteiger partial charge is 0.0925 e. The van der Waals surface area contributed by atoms with Crippen molar-refractivity contribution < 1.29 is 5.11 Å². The van der Waals surface area contributed by atoms with Gasteiger partial charge in [-0.1, -0.05) is 30.3 Å². The monoisotopic (exact) mass is 245 g/mol. The van der Waals surface area contributed by atoms with Crippen molar-refractivity contribution in [2.75, 3.05) is 6.61 Å². The number of hydrogen-bond acceptors (Lipinski definition) is 3. The van der Waals surface area contributed by atoms with Gasteiger partial charge in [0.1, 0.15) is 0 Å². The van der Waals surface area contributed by atoms with Crippen molar-refractivity contribution in [1.29, 1.82) is 0 Å². The summed E-state index contributed by atoms with van der Waals surface area (Å²) in [6.07, 6.45) is 2.51. The second-order valence-electron chi connectivity index (χ2n) is 4.42. The highest BCUT2D eigenvalue weighted by atomic mass is 16.3. The minimum atomic E-state index is 0.0588. The summed E-state index contributed by atoms with van der Waals surface area (Å²) < 4.78 is 0. The number of H-pyrrole nitrogens is 1. The number of aryl methyl sites for hydroxylation is 1. The molecule has 4 heteroatoms. The minimum Gasteiger partial charge on any atom is -0.395 e. The van der Waals surface area contributed by atoms with Crippen LogP contribution in [0.25, 0.3) is 0 Å². The molecule has 0 aliphatic carbocycles. The second kappa shape index (κ2) is 6.33. The summed E-state index contributed by atoms with van der Waals surface area (Å²) in [7, 11) is 0. The van der Waals surface area contributed by atoms with Gasteiger partial charge in [0.05, 0.1) is 18.6 Å². The number of imidazole rings is 1. The first-order chi connectivity index (χ1) is 8.79. The molecule has 0 radical (unpaired) electrons. The molecule has 2 aromatic rings. The molecule has 4 nitrogen and oxygen atoms in total. The lowest BCUT2D eigenvalue weighted by atomic mass is 10.1. The fourth-order valence-corrected chi connectivity index (χ4v) is 1.91. The average molecular weight is 245 g/mol. The third-order valence-electron chi connectivity index (χ3n) is 3.04. The van der Waals surface area contributed by atoms with Crippen LogP contribution in [0.15, 0.2) is 36.7 Å². The predicted octanol–water partition coefficient (Wildman–Crippen LogP) is 1.41. The van der Waals surface area contributed by atoms with Crippen LogP contribution in [0.1, 0.15) is 17.0 Å². The second-order valence-corrected chi connectivity index (χ2v) is 4.42. The Morgan fingerprint density at radius 3 is 2.72 bits per heavy atom. The lowest BCUT2D eigenvalue weighted by Crippen LogP contribution is -2.34. The van der Waals surface area contributed by atoms with E-state index in [-0.39, 0.29) is 12.6 Å².